The van der Waals surface area contributed by atoms with Crippen LogP contribution >= 0.6 is 0 Å². The highest BCUT2D eigenvalue weighted by Crippen LogP contribution is 2.26. The number of ether oxygens (including phenoxy) is 3. The van der Waals surface area contributed by atoms with Crippen LogP contribution in [0, 0.1) is 0 Å². The van der Waals surface area contributed by atoms with Crippen LogP contribution in [0.4, 0.5) is 0 Å². The van der Waals surface area contributed by atoms with Gasteiger partial charge < -0.3 is 45.1 Å². The van der Waals surface area contributed by atoms with Crippen molar-refractivity contribution in [3.8, 4) is 0 Å². The van der Waals surface area contributed by atoms with Crippen LogP contribution in [-0.2, 0) is 23.8 Å². The second-order valence-electron chi connectivity index (χ2n) is 26.0. The van der Waals surface area contributed by atoms with Crippen molar-refractivity contribution in [1.82, 2.24) is 5.32 Å². The molecule has 1 fully saturated rings. The van der Waals surface area contributed by atoms with E-state index in [1.54, 1.807) is 6.08 Å². The number of aliphatic hydroxyl groups excluding tert-OH is 5. The van der Waals surface area contributed by atoms with Crippen LogP contribution in [0.15, 0.2) is 72.9 Å². The molecule has 518 valence electrons. The first kappa shape index (κ1) is 84.1. The van der Waals surface area contributed by atoms with Crippen LogP contribution in [0.25, 0.3) is 0 Å². The number of unbranched alkanes of at least 4 members (excludes halogenated alkanes) is 41. The maximum atomic E-state index is 13.5. The molecular weight excluding hydrogens is 1110 g/mol. The number of hydrogen-bond acceptors (Lipinski definition) is 10. The van der Waals surface area contributed by atoms with Crippen LogP contribution in [0.5, 0.6) is 0 Å². The van der Waals surface area contributed by atoms with Gasteiger partial charge in [0.05, 0.1) is 25.4 Å². The summed E-state index contributed by atoms with van der Waals surface area (Å²) < 4.78 is 17.7. The molecule has 1 saturated heterocycles. The Labute approximate surface area is 547 Å². The van der Waals surface area contributed by atoms with Crippen molar-refractivity contribution in [2.75, 3.05) is 13.2 Å². The molecule has 0 saturated carbocycles. The van der Waals surface area contributed by atoms with E-state index in [1.807, 2.05) is 6.08 Å². The van der Waals surface area contributed by atoms with Crippen molar-refractivity contribution in [3.05, 3.63) is 72.9 Å². The zero-order valence-electron chi connectivity index (χ0n) is 57.8. The number of esters is 1. The van der Waals surface area contributed by atoms with Crippen LogP contribution < -0.4 is 5.32 Å². The number of amides is 1. The first-order chi connectivity index (χ1) is 43.7. The summed E-state index contributed by atoms with van der Waals surface area (Å²) in [5, 5.41) is 57.4. The Kier molecular flexibility index (Phi) is 61.6. The number of aliphatic hydroxyl groups is 5. The predicted octanol–water partition coefficient (Wildman–Crippen LogP) is 19.9. The van der Waals surface area contributed by atoms with Gasteiger partial charge in [0.2, 0.25) is 5.91 Å². The molecular formula is C78H141NO10. The summed E-state index contributed by atoms with van der Waals surface area (Å²) in [7, 11) is 0. The Morgan fingerprint density at radius 2 is 0.809 bits per heavy atom. The van der Waals surface area contributed by atoms with E-state index >= 15 is 0 Å². The lowest BCUT2D eigenvalue weighted by atomic mass is 9.99. The molecule has 0 aliphatic carbocycles. The molecule has 1 amide bonds. The third-order valence-electron chi connectivity index (χ3n) is 17.6. The number of carbonyl (C=O) groups is 2. The van der Waals surface area contributed by atoms with Gasteiger partial charge in [-0.25, -0.2) is 0 Å². The number of rotatable bonds is 65. The molecule has 11 heteroatoms. The highest BCUT2D eigenvalue weighted by Gasteiger charge is 2.47. The summed E-state index contributed by atoms with van der Waals surface area (Å²) in [6, 6.07) is -1.03. The normalized spacial score (nSPS) is 18.5. The van der Waals surface area contributed by atoms with Crippen molar-refractivity contribution in [1.29, 1.82) is 0 Å². The Morgan fingerprint density at radius 3 is 1.21 bits per heavy atom. The maximum absolute atomic E-state index is 13.5. The van der Waals surface area contributed by atoms with E-state index in [9.17, 15) is 35.1 Å². The minimum atomic E-state index is -1.63. The Hall–Kier alpha value is -2.90. The molecule has 0 aromatic carbocycles. The molecule has 8 atom stereocenters. The minimum absolute atomic E-state index is 0.100. The lowest BCUT2D eigenvalue weighted by Gasteiger charge is -2.41. The van der Waals surface area contributed by atoms with Gasteiger partial charge in [0.1, 0.15) is 24.4 Å². The van der Waals surface area contributed by atoms with E-state index in [4.69, 9.17) is 14.2 Å². The maximum Gasteiger partial charge on any atom is 0.306 e. The molecule has 89 heavy (non-hydrogen) atoms. The smallest absolute Gasteiger partial charge is 0.306 e. The van der Waals surface area contributed by atoms with Gasteiger partial charge >= 0.3 is 5.97 Å². The summed E-state index contributed by atoms with van der Waals surface area (Å²) >= 11 is 0. The third-order valence-corrected chi connectivity index (χ3v) is 17.6. The molecule has 1 heterocycles. The SMILES string of the molecule is CC/C=C\C/C=C\C/C=C\C/C=C\C/C=C\CCCCCCCC(=O)OC1C(OCC(NC(=O)C(O)CCCCCCCCCCCCCCCCCCCCCCCCCCCC)C(O)/C=C/CCCCCCCCCCCCC)OC(CO)C(O)C1O. The quantitative estimate of drug-likeness (QED) is 0.0195. The molecule has 0 spiro atoms. The third kappa shape index (κ3) is 52.2. The number of carbonyl (C=O) groups excluding carboxylic acids is 2. The summed E-state index contributed by atoms with van der Waals surface area (Å²) in [5.41, 5.74) is 0. The number of allylic oxidation sites excluding steroid dienone is 11. The van der Waals surface area contributed by atoms with Gasteiger partial charge in [-0.1, -0.05) is 344 Å². The fraction of sp³-hybridized carbons (Fsp3) is 0.821. The fourth-order valence-corrected chi connectivity index (χ4v) is 11.7. The van der Waals surface area contributed by atoms with E-state index < -0.39 is 67.4 Å². The molecule has 0 aromatic heterocycles. The molecule has 0 radical (unpaired) electrons. The number of nitrogens with one attached hydrogen (secondary N) is 1. The Morgan fingerprint density at radius 1 is 0.449 bits per heavy atom. The topological polar surface area (TPSA) is 175 Å². The van der Waals surface area contributed by atoms with Gasteiger partial charge in [-0.05, 0) is 70.6 Å². The van der Waals surface area contributed by atoms with Gasteiger partial charge in [-0.3, -0.25) is 9.59 Å². The Balaban J connectivity index is 2.55. The summed E-state index contributed by atoms with van der Waals surface area (Å²) in [6.07, 6.45) is 75.2. The van der Waals surface area contributed by atoms with Crippen molar-refractivity contribution >= 4 is 11.9 Å². The molecule has 1 aliphatic heterocycles. The van der Waals surface area contributed by atoms with Crippen molar-refractivity contribution < 1.29 is 49.3 Å². The molecule has 1 rings (SSSR count). The van der Waals surface area contributed by atoms with E-state index in [0.717, 1.165) is 103 Å². The van der Waals surface area contributed by atoms with Crippen LogP contribution in [0.3, 0.4) is 0 Å². The average Bonchev–Trinajstić information content (AvgIpc) is 2.24. The van der Waals surface area contributed by atoms with Crippen LogP contribution in [0.1, 0.15) is 348 Å². The van der Waals surface area contributed by atoms with E-state index in [0.29, 0.717) is 19.3 Å². The predicted molar refractivity (Wildman–Crippen MR) is 375 cm³/mol. The largest absolute Gasteiger partial charge is 0.454 e. The molecule has 8 unspecified atom stereocenters. The lowest BCUT2D eigenvalue weighted by molar-refractivity contribution is -0.305. The van der Waals surface area contributed by atoms with Crippen LogP contribution in [-0.4, -0.2) is 99.6 Å². The molecule has 6 N–H and O–H groups in total. The molecule has 0 bridgehead atoms. The number of hydrogen-bond donors (Lipinski definition) is 6. The zero-order chi connectivity index (χ0) is 64.6. The first-order valence-corrected chi connectivity index (χ1v) is 37.7. The van der Waals surface area contributed by atoms with Gasteiger partial charge in [0, 0.05) is 6.42 Å². The van der Waals surface area contributed by atoms with Gasteiger partial charge in [0.15, 0.2) is 12.4 Å². The van der Waals surface area contributed by atoms with Crippen LogP contribution in [0.2, 0.25) is 0 Å². The molecule has 1 aliphatic rings. The monoisotopic (exact) mass is 1250 g/mol. The van der Waals surface area contributed by atoms with Crippen molar-refractivity contribution in [3.63, 3.8) is 0 Å². The first-order valence-electron chi connectivity index (χ1n) is 37.7. The van der Waals surface area contributed by atoms with Gasteiger partial charge in [-0.15, -0.1) is 0 Å². The summed E-state index contributed by atoms with van der Waals surface area (Å²) in [4.78, 5) is 26.7. The highest BCUT2D eigenvalue weighted by molar-refractivity contribution is 5.80. The van der Waals surface area contributed by atoms with Crippen molar-refractivity contribution in [2.24, 2.45) is 0 Å². The zero-order valence-corrected chi connectivity index (χ0v) is 57.8. The van der Waals surface area contributed by atoms with E-state index in [1.165, 1.54) is 199 Å². The second-order valence-corrected chi connectivity index (χ2v) is 26.0. The molecule has 11 nitrogen and oxygen atoms in total. The Bertz CT molecular complexity index is 1730. The standard InChI is InChI=1S/C78H141NO10/c1-4-7-10-13-16-19-22-25-27-29-31-33-34-35-36-37-39-40-42-44-47-50-53-56-59-62-65-71(82)77(86)79-69(70(81)64-61-58-55-52-49-46-24-21-18-15-12-9-6-3)68-87-78-76(75(85)74(84)72(67-80)88-78)89-73(83)66-63-60-57-54-51-48-45-43-41-38-32-30-28-26-23-20-17-14-11-8-5-2/h8,11,17,20,26,28,32,38,43,45,61,64,69-72,74-76,78,80-82,84-85H,4-7,9-10,12-16,18-19,21-25,27,29-31,33-37,39-42,44,46-60,62-63,65-68H2,1-3H3,(H,79,86)/b11-8-,20-17-,28-26-,38-32-,45-43-,64-61+. The highest BCUT2D eigenvalue weighted by atomic mass is 16.7. The lowest BCUT2D eigenvalue weighted by Crippen LogP contribution is -2.61. The van der Waals surface area contributed by atoms with E-state index in [2.05, 4.69) is 86.8 Å². The van der Waals surface area contributed by atoms with Gasteiger partial charge in [-0.2, -0.15) is 0 Å². The summed E-state index contributed by atoms with van der Waals surface area (Å²) in [6.45, 7) is 5.72. The summed E-state index contributed by atoms with van der Waals surface area (Å²) in [5.74, 6) is -1.20. The van der Waals surface area contributed by atoms with Crippen molar-refractivity contribution in [2.45, 2.75) is 397 Å². The average molecular weight is 1250 g/mol. The molecule has 0 aromatic rings. The minimum Gasteiger partial charge on any atom is -0.454 e. The fourth-order valence-electron chi connectivity index (χ4n) is 11.7. The van der Waals surface area contributed by atoms with E-state index in [-0.39, 0.29) is 13.0 Å². The second kappa shape index (κ2) is 65.2. The van der Waals surface area contributed by atoms with Gasteiger partial charge in [0.25, 0.3) is 0 Å².